The molecule has 2 aromatic rings. The van der Waals surface area contributed by atoms with E-state index < -0.39 is 15.9 Å². The fourth-order valence-electron chi connectivity index (χ4n) is 1.49. The van der Waals surface area contributed by atoms with Crippen molar-refractivity contribution in [1.82, 2.24) is 9.71 Å². The average molecular weight is 270 g/mol. The van der Waals surface area contributed by atoms with Gasteiger partial charge in [0.2, 0.25) is 5.91 Å². The molecule has 0 unspecified atom stereocenters. The molecule has 1 aromatic heterocycles. The molecule has 5 nitrogen and oxygen atoms in total. The molecule has 0 aliphatic rings. The number of hydrogen-bond acceptors (Lipinski definition) is 5. The third kappa shape index (κ3) is 2.29. The normalized spacial score (nSPS) is 11.6. The first kappa shape index (κ1) is 12.0. The molecule has 0 radical (unpaired) electrons. The van der Waals surface area contributed by atoms with Crippen LogP contribution in [-0.4, -0.2) is 19.3 Å². The molecule has 17 heavy (non-hydrogen) atoms. The second-order valence-corrected chi connectivity index (χ2v) is 6.35. The van der Waals surface area contributed by atoms with Crippen LogP contribution in [0.25, 0.3) is 10.2 Å². The monoisotopic (exact) mass is 270 g/mol. The van der Waals surface area contributed by atoms with Crippen LogP contribution in [0.5, 0.6) is 0 Å². The molecule has 1 amide bonds. The largest absolute Gasteiger partial charge is 0.274 e. The minimum Gasteiger partial charge on any atom is -0.274 e. The first-order chi connectivity index (χ1) is 7.90. The highest BCUT2D eigenvalue weighted by atomic mass is 32.2. The average Bonchev–Trinajstić information content (AvgIpc) is 2.54. The summed E-state index contributed by atoms with van der Waals surface area (Å²) in [5, 5.41) is 0.783. The topological polar surface area (TPSA) is 76.1 Å². The van der Waals surface area contributed by atoms with E-state index in [4.69, 9.17) is 0 Å². The van der Waals surface area contributed by atoms with Crippen molar-refractivity contribution in [3.05, 3.63) is 23.2 Å². The number of nitrogens with one attached hydrogen (secondary N) is 1. The van der Waals surface area contributed by atoms with Crippen molar-refractivity contribution in [3.63, 3.8) is 0 Å². The standard InChI is InChI=1S/C10H10N2O3S2/c1-6(13)12-17(14,15)9-5-3-4-8-10(9)16-7(2)11-8/h3-5H,1-2H3,(H,12,13). The number of sulfonamides is 1. The number of rotatable bonds is 2. The molecule has 2 rings (SSSR count). The highest BCUT2D eigenvalue weighted by Crippen LogP contribution is 2.28. The number of thiazole rings is 1. The number of carbonyl (C=O) groups excluding carboxylic acids is 1. The number of hydrogen-bond donors (Lipinski definition) is 1. The van der Waals surface area contributed by atoms with Crippen molar-refractivity contribution in [1.29, 1.82) is 0 Å². The molecular formula is C10H10N2O3S2. The van der Waals surface area contributed by atoms with Crippen LogP contribution in [-0.2, 0) is 14.8 Å². The summed E-state index contributed by atoms with van der Waals surface area (Å²) in [6, 6.07) is 4.81. The molecule has 0 saturated heterocycles. The van der Waals surface area contributed by atoms with E-state index in [2.05, 4.69) is 4.98 Å². The lowest BCUT2D eigenvalue weighted by Crippen LogP contribution is -2.28. The van der Waals surface area contributed by atoms with Gasteiger partial charge in [0.15, 0.2) is 0 Å². The molecule has 1 aromatic carbocycles. The first-order valence-electron chi connectivity index (χ1n) is 4.80. The molecule has 7 heteroatoms. The summed E-state index contributed by atoms with van der Waals surface area (Å²) >= 11 is 1.29. The number of aryl methyl sites for hydroxylation is 1. The van der Waals surface area contributed by atoms with Gasteiger partial charge < -0.3 is 0 Å². The first-order valence-corrected chi connectivity index (χ1v) is 7.09. The van der Waals surface area contributed by atoms with Gasteiger partial charge in [0.25, 0.3) is 10.0 Å². The zero-order valence-corrected chi connectivity index (χ0v) is 10.9. The Labute approximate surface area is 103 Å². The van der Waals surface area contributed by atoms with E-state index >= 15 is 0 Å². The van der Waals surface area contributed by atoms with Gasteiger partial charge in [-0.15, -0.1) is 11.3 Å². The van der Waals surface area contributed by atoms with Gasteiger partial charge >= 0.3 is 0 Å². The van der Waals surface area contributed by atoms with Crippen molar-refractivity contribution in [3.8, 4) is 0 Å². The number of fused-ring (bicyclic) bond motifs is 1. The lowest BCUT2D eigenvalue weighted by atomic mass is 10.3. The molecule has 0 fully saturated rings. The summed E-state index contributed by atoms with van der Waals surface area (Å²) in [5.74, 6) is -0.608. The third-order valence-electron chi connectivity index (χ3n) is 2.05. The summed E-state index contributed by atoms with van der Waals surface area (Å²) in [7, 11) is -3.80. The van der Waals surface area contributed by atoms with Crippen LogP contribution in [0.1, 0.15) is 11.9 Å². The number of amides is 1. The van der Waals surface area contributed by atoms with Gasteiger partial charge in [-0.1, -0.05) is 6.07 Å². The summed E-state index contributed by atoms with van der Waals surface area (Å²) in [4.78, 5) is 15.2. The number of benzene rings is 1. The maximum atomic E-state index is 11.9. The van der Waals surface area contributed by atoms with E-state index in [0.29, 0.717) is 10.2 Å². The van der Waals surface area contributed by atoms with E-state index in [1.807, 2.05) is 4.72 Å². The lowest BCUT2D eigenvalue weighted by Gasteiger charge is -2.04. The van der Waals surface area contributed by atoms with Gasteiger partial charge in [0.1, 0.15) is 4.90 Å². The third-order valence-corrected chi connectivity index (χ3v) is 4.68. The van der Waals surface area contributed by atoms with Gasteiger partial charge in [0.05, 0.1) is 15.2 Å². The van der Waals surface area contributed by atoms with Crippen LogP contribution in [0, 0.1) is 6.92 Å². The molecule has 0 spiro atoms. The molecule has 0 saturated carbocycles. The Morgan fingerprint density at radius 2 is 2.12 bits per heavy atom. The molecule has 0 aliphatic carbocycles. The second kappa shape index (κ2) is 4.08. The molecule has 0 aliphatic heterocycles. The van der Waals surface area contributed by atoms with Gasteiger partial charge in [-0.05, 0) is 19.1 Å². The second-order valence-electron chi connectivity index (χ2n) is 3.50. The minimum atomic E-state index is -3.80. The van der Waals surface area contributed by atoms with Crippen LogP contribution >= 0.6 is 11.3 Å². The van der Waals surface area contributed by atoms with Gasteiger partial charge in [-0.3, -0.25) is 4.79 Å². The molecular weight excluding hydrogens is 260 g/mol. The predicted octanol–water partition coefficient (Wildman–Crippen LogP) is 1.43. The molecule has 1 heterocycles. The molecule has 1 N–H and O–H groups in total. The maximum absolute atomic E-state index is 11.9. The summed E-state index contributed by atoms with van der Waals surface area (Å²) in [6.45, 7) is 2.97. The molecule has 90 valence electrons. The zero-order chi connectivity index (χ0) is 12.6. The smallest absolute Gasteiger partial charge is 0.265 e. The SMILES string of the molecule is CC(=O)NS(=O)(=O)c1cccc2nc(C)sc12. The highest BCUT2D eigenvalue weighted by molar-refractivity contribution is 7.90. The van der Waals surface area contributed by atoms with Crippen molar-refractivity contribution >= 4 is 37.5 Å². The van der Waals surface area contributed by atoms with Crippen molar-refractivity contribution < 1.29 is 13.2 Å². The lowest BCUT2D eigenvalue weighted by molar-refractivity contribution is -0.117. The van der Waals surface area contributed by atoms with Gasteiger partial charge in [-0.2, -0.15) is 0 Å². The minimum absolute atomic E-state index is 0.0933. The fourth-order valence-corrected chi connectivity index (χ4v) is 3.87. The van der Waals surface area contributed by atoms with Gasteiger partial charge in [-0.25, -0.2) is 18.1 Å². The van der Waals surface area contributed by atoms with Crippen molar-refractivity contribution in [2.45, 2.75) is 18.7 Å². The summed E-state index contributed by atoms with van der Waals surface area (Å²) in [6.07, 6.45) is 0. The fraction of sp³-hybridized carbons (Fsp3) is 0.200. The van der Waals surface area contributed by atoms with Crippen LogP contribution in [0.3, 0.4) is 0 Å². The van der Waals surface area contributed by atoms with Crippen molar-refractivity contribution in [2.75, 3.05) is 0 Å². The summed E-state index contributed by atoms with van der Waals surface area (Å²) < 4.78 is 26.3. The van der Waals surface area contributed by atoms with Crippen molar-refractivity contribution in [2.24, 2.45) is 0 Å². The Morgan fingerprint density at radius 3 is 2.76 bits per heavy atom. The Hall–Kier alpha value is -1.47. The zero-order valence-electron chi connectivity index (χ0n) is 9.22. The Balaban J connectivity index is 2.67. The van der Waals surface area contributed by atoms with Crippen LogP contribution in [0.4, 0.5) is 0 Å². The molecule has 0 bridgehead atoms. The Bertz CT molecular complexity index is 689. The van der Waals surface area contributed by atoms with E-state index in [1.54, 1.807) is 19.1 Å². The molecule has 0 atom stereocenters. The maximum Gasteiger partial charge on any atom is 0.265 e. The van der Waals surface area contributed by atoms with Gasteiger partial charge in [0, 0.05) is 6.92 Å². The number of nitrogens with zero attached hydrogens (tertiary/aromatic N) is 1. The van der Waals surface area contributed by atoms with E-state index in [9.17, 15) is 13.2 Å². The highest BCUT2D eigenvalue weighted by Gasteiger charge is 2.20. The Kier molecular flexibility index (Phi) is 2.88. The van der Waals surface area contributed by atoms with E-state index in [-0.39, 0.29) is 4.90 Å². The quantitative estimate of drug-likeness (QED) is 0.895. The van der Waals surface area contributed by atoms with E-state index in [1.165, 1.54) is 17.4 Å². The predicted molar refractivity (Wildman–Crippen MR) is 65.4 cm³/mol. The van der Waals surface area contributed by atoms with E-state index in [0.717, 1.165) is 11.9 Å². The van der Waals surface area contributed by atoms with Crippen LogP contribution in [0.2, 0.25) is 0 Å². The Morgan fingerprint density at radius 1 is 1.41 bits per heavy atom. The summed E-state index contributed by atoms with van der Waals surface area (Å²) in [5.41, 5.74) is 0.624. The number of carbonyl (C=O) groups is 1. The number of aromatic nitrogens is 1. The van der Waals surface area contributed by atoms with Crippen LogP contribution < -0.4 is 4.72 Å². The van der Waals surface area contributed by atoms with Crippen LogP contribution in [0.15, 0.2) is 23.1 Å².